The molecule has 3 aromatic rings. The van der Waals surface area contributed by atoms with E-state index in [1.807, 2.05) is 30.3 Å². The molecule has 3 rings (SSSR count). The van der Waals surface area contributed by atoms with E-state index in [2.05, 4.69) is 5.32 Å². The van der Waals surface area contributed by atoms with E-state index in [1.165, 1.54) is 6.92 Å². The molecule has 0 aliphatic rings. The third kappa shape index (κ3) is 4.03. The minimum absolute atomic E-state index is 0.298. The highest BCUT2D eigenvalue weighted by atomic mass is 19.1. The Morgan fingerprint density at radius 1 is 0.923 bits per heavy atom. The molecule has 0 spiro atoms. The molecule has 0 radical (unpaired) electrons. The fourth-order valence-electron chi connectivity index (χ4n) is 2.46. The number of halogens is 2. The van der Waals surface area contributed by atoms with Crippen LogP contribution in [0.5, 0.6) is 0 Å². The molecular formula is C20H15F2NO3. The minimum Gasteiger partial charge on any atom is -0.449 e. The first-order valence-electron chi connectivity index (χ1n) is 7.89. The van der Waals surface area contributed by atoms with Crippen LogP contribution in [-0.4, -0.2) is 18.0 Å². The zero-order chi connectivity index (χ0) is 18.7. The van der Waals surface area contributed by atoms with Gasteiger partial charge in [-0.05, 0) is 42.0 Å². The van der Waals surface area contributed by atoms with Crippen molar-refractivity contribution in [2.75, 3.05) is 5.32 Å². The van der Waals surface area contributed by atoms with Crippen LogP contribution in [-0.2, 0) is 9.53 Å². The molecule has 3 aromatic carbocycles. The average Bonchev–Trinajstić information content (AvgIpc) is 2.60. The van der Waals surface area contributed by atoms with Crippen LogP contribution in [0.4, 0.5) is 14.5 Å². The van der Waals surface area contributed by atoms with Gasteiger partial charge in [0.15, 0.2) is 6.10 Å². The van der Waals surface area contributed by atoms with Crippen molar-refractivity contribution in [2.45, 2.75) is 13.0 Å². The highest BCUT2D eigenvalue weighted by molar-refractivity contribution is 5.98. The largest absolute Gasteiger partial charge is 0.449 e. The number of nitrogens with one attached hydrogen (secondary N) is 1. The second kappa shape index (κ2) is 7.31. The van der Waals surface area contributed by atoms with Crippen LogP contribution >= 0.6 is 0 Å². The third-order valence-corrected chi connectivity index (χ3v) is 3.77. The maximum atomic E-state index is 13.2. The number of fused-ring (bicyclic) bond motifs is 1. The third-order valence-electron chi connectivity index (χ3n) is 3.77. The molecule has 0 fully saturated rings. The van der Waals surface area contributed by atoms with E-state index in [1.54, 1.807) is 12.1 Å². The van der Waals surface area contributed by atoms with Gasteiger partial charge in [-0.15, -0.1) is 0 Å². The molecule has 4 nitrogen and oxygen atoms in total. The number of esters is 1. The van der Waals surface area contributed by atoms with Crippen molar-refractivity contribution in [3.8, 4) is 0 Å². The van der Waals surface area contributed by atoms with Crippen LogP contribution in [0, 0.1) is 11.6 Å². The van der Waals surface area contributed by atoms with E-state index in [0.29, 0.717) is 11.8 Å². The molecule has 0 bridgehead atoms. The maximum absolute atomic E-state index is 13.2. The second-order valence-electron chi connectivity index (χ2n) is 5.76. The summed E-state index contributed by atoms with van der Waals surface area (Å²) in [4.78, 5) is 24.2. The van der Waals surface area contributed by atoms with E-state index in [0.717, 1.165) is 22.9 Å². The minimum atomic E-state index is -1.14. The van der Waals surface area contributed by atoms with Gasteiger partial charge >= 0.3 is 5.97 Å². The highest BCUT2D eigenvalue weighted by Crippen LogP contribution is 2.19. The summed E-state index contributed by atoms with van der Waals surface area (Å²) in [7, 11) is 0. The summed E-state index contributed by atoms with van der Waals surface area (Å²) in [6.07, 6.45) is -1.14. The molecule has 0 saturated carbocycles. The number of ether oxygens (including phenoxy) is 1. The maximum Gasteiger partial charge on any atom is 0.339 e. The normalized spacial score (nSPS) is 11.8. The van der Waals surface area contributed by atoms with Gasteiger partial charge < -0.3 is 10.1 Å². The van der Waals surface area contributed by atoms with E-state index in [9.17, 15) is 18.4 Å². The molecule has 0 heterocycles. The Hall–Kier alpha value is -3.28. The molecule has 0 aliphatic carbocycles. The quantitative estimate of drug-likeness (QED) is 0.710. The summed E-state index contributed by atoms with van der Waals surface area (Å²) in [6.45, 7) is 1.38. The summed E-state index contributed by atoms with van der Waals surface area (Å²) in [5, 5.41) is 4.62. The van der Waals surface area contributed by atoms with Gasteiger partial charge in [0.05, 0.1) is 5.56 Å². The Kier molecular flexibility index (Phi) is 4.93. The number of hydrogen-bond donors (Lipinski definition) is 1. The lowest BCUT2D eigenvalue weighted by atomic mass is 10.1. The van der Waals surface area contributed by atoms with E-state index in [4.69, 9.17) is 4.74 Å². The van der Waals surface area contributed by atoms with Crippen LogP contribution in [0.25, 0.3) is 10.8 Å². The fourth-order valence-corrected chi connectivity index (χ4v) is 2.46. The van der Waals surface area contributed by atoms with Gasteiger partial charge in [-0.3, -0.25) is 4.79 Å². The SMILES string of the molecule is CC(OC(=O)c1cc(F)cc(F)c1)C(=O)Nc1ccc2ccccc2c1. The monoisotopic (exact) mass is 355 g/mol. The summed E-state index contributed by atoms with van der Waals surface area (Å²) >= 11 is 0. The molecule has 1 amide bonds. The van der Waals surface area contributed by atoms with Gasteiger partial charge in [0.25, 0.3) is 5.91 Å². The molecule has 6 heteroatoms. The molecular weight excluding hydrogens is 340 g/mol. The number of carbonyl (C=O) groups is 2. The zero-order valence-electron chi connectivity index (χ0n) is 13.8. The van der Waals surface area contributed by atoms with Crippen molar-refractivity contribution in [2.24, 2.45) is 0 Å². The average molecular weight is 355 g/mol. The standard InChI is InChI=1S/C20H15F2NO3/c1-12(26-20(25)15-8-16(21)11-17(22)9-15)19(24)23-18-7-6-13-4-2-3-5-14(13)10-18/h2-12H,1H3,(H,23,24). The van der Waals surface area contributed by atoms with Crippen LogP contribution in [0.2, 0.25) is 0 Å². The highest BCUT2D eigenvalue weighted by Gasteiger charge is 2.20. The molecule has 1 N–H and O–H groups in total. The number of benzene rings is 3. The summed E-state index contributed by atoms with van der Waals surface area (Å²) in [5.74, 6) is -3.33. The summed E-state index contributed by atoms with van der Waals surface area (Å²) < 4.78 is 31.3. The lowest BCUT2D eigenvalue weighted by Crippen LogP contribution is -2.30. The van der Waals surface area contributed by atoms with E-state index >= 15 is 0 Å². The van der Waals surface area contributed by atoms with Crippen LogP contribution in [0.1, 0.15) is 17.3 Å². The first-order valence-corrected chi connectivity index (χ1v) is 7.89. The van der Waals surface area contributed by atoms with Gasteiger partial charge in [-0.25, -0.2) is 13.6 Å². The second-order valence-corrected chi connectivity index (χ2v) is 5.76. The van der Waals surface area contributed by atoms with Gasteiger partial charge in [0.1, 0.15) is 11.6 Å². The zero-order valence-corrected chi connectivity index (χ0v) is 13.8. The predicted molar refractivity (Wildman–Crippen MR) is 93.8 cm³/mol. The molecule has 132 valence electrons. The number of amides is 1. The fraction of sp³-hybridized carbons (Fsp3) is 0.100. The first-order chi connectivity index (χ1) is 12.4. The number of hydrogen-bond acceptors (Lipinski definition) is 3. The van der Waals surface area contributed by atoms with Crippen LogP contribution in [0.3, 0.4) is 0 Å². The van der Waals surface area contributed by atoms with Crippen LogP contribution in [0.15, 0.2) is 60.7 Å². The van der Waals surface area contributed by atoms with Crippen molar-refractivity contribution < 1.29 is 23.1 Å². The van der Waals surface area contributed by atoms with Crippen LogP contribution < -0.4 is 5.32 Å². The Balaban J connectivity index is 1.67. The molecule has 0 saturated heterocycles. The molecule has 1 atom stereocenters. The number of rotatable bonds is 4. The van der Waals surface area contributed by atoms with Gasteiger partial charge in [0.2, 0.25) is 0 Å². The topological polar surface area (TPSA) is 55.4 Å². The van der Waals surface area contributed by atoms with Gasteiger partial charge in [-0.1, -0.05) is 30.3 Å². The van der Waals surface area contributed by atoms with Crippen molar-refractivity contribution in [3.05, 3.63) is 77.9 Å². The van der Waals surface area contributed by atoms with Gasteiger partial charge in [-0.2, -0.15) is 0 Å². The number of anilines is 1. The van der Waals surface area contributed by atoms with Gasteiger partial charge in [0, 0.05) is 11.8 Å². The summed E-state index contributed by atoms with van der Waals surface area (Å²) in [6, 6.07) is 15.4. The Labute approximate surface area is 148 Å². The van der Waals surface area contributed by atoms with Crippen molar-refractivity contribution >= 4 is 28.3 Å². The smallest absolute Gasteiger partial charge is 0.339 e. The Morgan fingerprint density at radius 2 is 1.58 bits per heavy atom. The number of carbonyl (C=O) groups excluding carboxylic acids is 2. The molecule has 0 aliphatic heterocycles. The van der Waals surface area contributed by atoms with E-state index in [-0.39, 0.29) is 5.56 Å². The van der Waals surface area contributed by atoms with Crippen molar-refractivity contribution in [3.63, 3.8) is 0 Å². The lowest BCUT2D eigenvalue weighted by molar-refractivity contribution is -0.123. The molecule has 26 heavy (non-hydrogen) atoms. The molecule has 1 unspecified atom stereocenters. The summed E-state index contributed by atoms with van der Waals surface area (Å²) in [5.41, 5.74) is 0.251. The van der Waals surface area contributed by atoms with Crippen molar-refractivity contribution in [1.82, 2.24) is 0 Å². The molecule has 0 aromatic heterocycles. The first kappa shape index (κ1) is 17.5. The van der Waals surface area contributed by atoms with Crippen molar-refractivity contribution in [1.29, 1.82) is 0 Å². The lowest BCUT2D eigenvalue weighted by Gasteiger charge is -2.14. The Bertz CT molecular complexity index is 967. The van der Waals surface area contributed by atoms with E-state index < -0.39 is 29.6 Å². The predicted octanol–water partition coefficient (Wildman–Crippen LogP) is 4.30. The Morgan fingerprint density at radius 3 is 2.27 bits per heavy atom.